The summed E-state index contributed by atoms with van der Waals surface area (Å²) in [5.74, 6) is 1.53. The first-order valence-electron chi connectivity index (χ1n) is 12.3. The van der Waals surface area contributed by atoms with Crippen LogP contribution in [0, 0.1) is 0 Å². The number of piperazine rings is 1. The molecule has 2 fully saturated rings. The fourth-order valence-corrected chi connectivity index (χ4v) is 4.42. The molecule has 0 aromatic heterocycles. The van der Waals surface area contributed by atoms with Crippen LogP contribution in [0.5, 0.6) is 11.5 Å². The summed E-state index contributed by atoms with van der Waals surface area (Å²) in [5, 5.41) is 3.39. The zero-order valence-electron chi connectivity index (χ0n) is 19.9. The summed E-state index contributed by atoms with van der Waals surface area (Å²) >= 11 is 5.28. The Hall–Kier alpha value is -2.23. The third kappa shape index (κ3) is 8.52. The second-order valence-electron chi connectivity index (χ2n) is 8.69. The van der Waals surface area contributed by atoms with Gasteiger partial charge in [0.25, 0.3) is 5.17 Å². The van der Waals surface area contributed by atoms with Crippen molar-refractivity contribution in [2.45, 2.75) is 6.42 Å². The Morgan fingerprint density at radius 2 is 1.41 bits per heavy atom. The van der Waals surface area contributed by atoms with Crippen molar-refractivity contribution in [2.24, 2.45) is 0 Å². The number of ether oxygens (including phenoxy) is 3. The Bertz CT molecular complexity index is 852. The molecule has 4 rings (SSSR count). The molecular formula is C26H36N4O3S. The molecule has 0 spiro atoms. The van der Waals surface area contributed by atoms with E-state index in [0.29, 0.717) is 17.5 Å². The highest BCUT2D eigenvalue weighted by Crippen LogP contribution is 2.18. The van der Waals surface area contributed by atoms with Crippen LogP contribution in [0.2, 0.25) is 0 Å². The van der Waals surface area contributed by atoms with Crippen molar-refractivity contribution in [1.29, 1.82) is 0 Å². The van der Waals surface area contributed by atoms with Gasteiger partial charge in [-0.05, 0) is 55.0 Å². The minimum Gasteiger partial charge on any atom is -0.492 e. The number of nitrogens with zero attached hydrogens (tertiary/aromatic N) is 3. The van der Waals surface area contributed by atoms with E-state index in [1.807, 2.05) is 54.6 Å². The zero-order valence-corrected chi connectivity index (χ0v) is 20.7. The van der Waals surface area contributed by atoms with Crippen LogP contribution < -0.4 is 14.8 Å². The Kier molecular flexibility index (Phi) is 9.96. The van der Waals surface area contributed by atoms with Crippen molar-refractivity contribution in [1.82, 2.24) is 14.7 Å². The van der Waals surface area contributed by atoms with Crippen molar-refractivity contribution in [3.8, 4) is 11.5 Å². The van der Waals surface area contributed by atoms with E-state index >= 15 is 0 Å². The SMILES string of the molecule is S=C(Nc1ccccc1)Oc1ccc(OCCN2CCN(CCN3CCCOCC3)CC2)cc1. The number of hydrogen-bond acceptors (Lipinski definition) is 7. The van der Waals surface area contributed by atoms with Gasteiger partial charge in [-0.3, -0.25) is 14.7 Å². The van der Waals surface area contributed by atoms with E-state index in [4.69, 9.17) is 26.4 Å². The summed E-state index contributed by atoms with van der Waals surface area (Å²) in [6, 6.07) is 17.3. The smallest absolute Gasteiger partial charge is 0.266 e. The van der Waals surface area contributed by atoms with Gasteiger partial charge >= 0.3 is 0 Å². The van der Waals surface area contributed by atoms with Gasteiger partial charge in [-0.2, -0.15) is 0 Å². The number of para-hydroxylation sites is 1. The Morgan fingerprint density at radius 3 is 2.15 bits per heavy atom. The monoisotopic (exact) mass is 484 g/mol. The van der Waals surface area contributed by atoms with E-state index in [9.17, 15) is 0 Å². The van der Waals surface area contributed by atoms with Crippen LogP contribution in [0.1, 0.15) is 6.42 Å². The molecule has 184 valence electrons. The lowest BCUT2D eigenvalue weighted by molar-refractivity contribution is 0.104. The topological polar surface area (TPSA) is 49.4 Å². The molecule has 8 heteroatoms. The largest absolute Gasteiger partial charge is 0.492 e. The first kappa shape index (κ1) is 24.9. The normalized spacial score (nSPS) is 18.2. The predicted octanol–water partition coefficient (Wildman–Crippen LogP) is 3.18. The van der Waals surface area contributed by atoms with Gasteiger partial charge in [-0.25, -0.2) is 0 Å². The van der Waals surface area contributed by atoms with E-state index in [1.165, 1.54) is 6.54 Å². The van der Waals surface area contributed by atoms with E-state index in [1.54, 1.807) is 0 Å². The first-order chi connectivity index (χ1) is 16.7. The fraction of sp³-hybridized carbons (Fsp3) is 0.500. The second kappa shape index (κ2) is 13.6. The highest BCUT2D eigenvalue weighted by molar-refractivity contribution is 7.80. The molecule has 2 aliphatic heterocycles. The Labute approximate surface area is 208 Å². The van der Waals surface area contributed by atoms with Crippen molar-refractivity contribution in [3.05, 3.63) is 54.6 Å². The molecule has 0 saturated carbocycles. The van der Waals surface area contributed by atoms with Crippen LogP contribution in [-0.4, -0.2) is 98.6 Å². The highest BCUT2D eigenvalue weighted by atomic mass is 32.1. The molecule has 34 heavy (non-hydrogen) atoms. The summed E-state index contributed by atoms with van der Waals surface area (Å²) in [6.45, 7) is 12.4. The molecule has 2 heterocycles. The van der Waals surface area contributed by atoms with Gasteiger partial charge in [0.05, 0.1) is 6.61 Å². The molecule has 2 aliphatic rings. The minimum absolute atomic E-state index is 0.319. The molecule has 2 aromatic carbocycles. The third-order valence-electron chi connectivity index (χ3n) is 6.24. The molecule has 0 amide bonds. The van der Waals surface area contributed by atoms with Gasteiger partial charge in [0.1, 0.15) is 18.1 Å². The first-order valence-corrected chi connectivity index (χ1v) is 12.7. The highest BCUT2D eigenvalue weighted by Gasteiger charge is 2.18. The standard InChI is InChI=1S/C26H36N4O3S/c34-26(27-23-5-2-1-3-6-23)33-25-9-7-24(8-10-25)32-22-19-30-16-14-29(15-17-30)13-12-28-11-4-20-31-21-18-28/h1-3,5-10H,4,11-22H2,(H,27,34). The average Bonchev–Trinajstić information content (AvgIpc) is 3.14. The van der Waals surface area contributed by atoms with Crippen molar-refractivity contribution < 1.29 is 14.2 Å². The average molecular weight is 485 g/mol. The lowest BCUT2D eigenvalue weighted by atomic mass is 10.3. The van der Waals surface area contributed by atoms with Gasteiger partial charge < -0.3 is 19.5 Å². The molecule has 0 unspecified atom stereocenters. The molecule has 2 saturated heterocycles. The molecule has 0 atom stereocenters. The number of rotatable bonds is 9. The lowest BCUT2D eigenvalue weighted by Gasteiger charge is -2.35. The third-order valence-corrected chi connectivity index (χ3v) is 6.43. The van der Waals surface area contributed by atoms with Gasteiger partial charge in [-0.15, -0.1) is 0 Å². The molecule has 1 N–H and O–H groups in total. The summed E-state index contributed by atoms with van der Waals surface area (Å²) < 4.78 is 17.2. The summed E-state index contributed by atoms with van der Waals surface area (Å²) in [4.78, 5) is 7.61. The summed E-state index contributed by atoms with van der Waals surface area (Å²) in [7, 11) is 0. The predicted molar refractivity (Wildman–Crippen MR) is 140 cm³/mol. The van der Waals surface area contributed by atoms with E-state index in [2.05, 4.69) is 20.0 Å². The quantitative estimate of drug-likeness (QED) is 0.545. The van der Waals surface area contributed by atoms with E-state index < -0.39 is 0 Å². The maximum atomic E-state index is 5.95. The van der Waals surface area contributed by atoms with Crippen LogP contribution in [0.15, 0.2) is 54.6 Å². The van der Waals surface area contributed by atoms with Crippen LogP contribution in [0.4, 0.5) is 5.69 Å². The van der Waals surface area contributed by atoms with Crippen LogP contribution in [0.25, 0.3) is 0 Å². The van der Waals surface area contributed by atoms with Crippen molar-refractivity contribution >= 4 is 23.1 Å². The van der Waals surface area contributed by atoms with Crippen molar-refractivity contribution in [2.75, 3.05) is 84.0 Å². The van der Waals surface area contributed by atoms with E-state index in [-0.39, 0.29) is 0 Å². The number of anilines is 1. The number of nitrogens with one attached hydrogen (secondary N) is 1. The number of hydrogen-bond donors (Lipinski definition) is 1. The molecule has 0 radical (unpaired) electrons. The van der Waals surface area contributed by atoms with Crippen LogP contribution in [-0.2, 0) is 4.74 Å². The van der Waals surface area contributed by atoms with Gasteiger partial charge in [0, 0.05) is 71.2 Å². The summed E-state index contributed by atoms with van der Waals surface area (Å²) in [5.41, 5.74) is 0.904. The maximum Gasteiger partial charge on any atom is 0.266 e. The Morgan fingerprint density at radius 1 is 0.765 bits per heavy atom. The lowest BCUT2D eigenvalue weighted by Crippen LogP contribution is -2.49. The Balaban J connectivity index is 1.09. The van der Waals surface area contributed by atoms with Gasteiger partial charge in [0.15, 0.2) is 0 Å². The molecule has 7 nitrogen and oxygen atoms in total. The summed E-state index contributed by atoms with van der Waals surface area (Å²) in [6.07, 6.45) is 1.16. The number of benzene rings is 2. The molecule has 0 bridgehead atoms. The molecular weight excluding hydrogens is 448 g/mol. The number of thiocarbonyl (C=S) groups is 1. The van der Waals surface area contributed by atoms with Crippen LogP contribution >= 0.6 is 12.2 Å². The van der Waals surface area contributed by atoms with Crippen molar-refractivity contribution in [3.63, 3.8) is 0 Å². The second-order valence-corrected chi connectivity index (χ2v) is 9.06. The fourth-order valence-electron chi connectivity index (χ4n) is 4.21. The molecule has 2 aromatic rings. The maximum absolute atomic E-state index is 5.95. The zero-order chi connectivity index (χ0) is 23.4. The minimum atomic E-state index is 0.319. The van der Waals surface area contributed by atoms with Crippen LogP contribution in [0.3, 0.4) is 0 Å². The molecule has 0 aliphatic carbocycles. The van der Waals surface area contributed by atoms with Gasteiger partial charge in [0.2, 0.25) is 0 Å². The van der Waals surface area contributed by atoms with E-state index in [0.717, 1.165) is 83.4 Å². The van der Waals surface area contributed by atoms with Gasteiger partial charge in [-0.1, -0.05) is 18.2 Å².